The summed E-state index contributed by atoms with van der Waals surface area (Å²) in [7, 11) is 1.62. The van der Waals surface area contributed by atoms with Gasteiger partial charge in [0.1, 0.15) is 6.04 Å². The van der Waals surface area contributed by atoms with E-state index in [-0.39, 0.29) is 11.8 Å². The summed E-state index contributed by atoms with van der Waals surface area (Å²) in [5, 5.41) is 2.70. The molecule has 0 aliphatic heterocycles. The van der Waals surface area contributed by atoms with Gasteiger partial charge in [0.15, 0.2) is 0 Å². The highest BCUT2D eigenvalue weighted by Crippen LogP contribution is 2.18. The Labute approximate surface area is 162 Å². The van der Waals surface area contributed by atoms with Crippen LogP contribution in [0.3, 0.4) is 0 Å². The quantitative estimate of drug-likeness (QED) is 0.812. The predicted molar refractivity (Wildman–Crippen MR) is 109 cm³/mol. The second-order valence-corrected chi connectivity index (χ2v) is 7.09. The van der Waals surface area contributed by atoms with Crippen molar-refractivity contribution in [3.63, 3.8) is 0 Å². The topological polar surface area (TPSA) is 49.4 Å². The van der Waals surface area contributed by atoms with Crippen LogP contribution in [0.2, 0.25) is 0 Å². The largest absolute Gasteiger partial charge is 0.357 e. The summed E-state index contributed by atoms with van der Waals surface area (Å²) in [6, 6.07) is 13.7. The van der Waals surface area contributed by atoms with Crippen molar-refractivity contribution in [1.82, 2.24) is 10.2 Å². The molecule has 4 nitrogen and oxygen atoms in total. The van der Waals surface area contributed by atoms with Crippen LogP contribution in [0.1, 0.15) is 41.2 Å². The molecule has 0 spiro atoms. The SMILES string of the molecule is CC[C@@H](C(=O)NC)N(Cc1ccccc1C)C(=O)Cc1cc(C)ccc1C. The predicted octanol–water partition coefficient (Wildman–Crippen LogP) is 3.71. The first-order valence-corrected chi connectivity index (χ1v) is 9.49. The van der Waals surface area contributed by atoms with E-state index >= 15 is 0 Å². The van der Waals surface area contributed by atoms with E-state index in [1.807, 2.05) is 64.1 Å². The molecule has 144 valence electrons. The van der Waals surface area contributed by atoms with Gasteiger partial charge in [0.05, 0.1) is 6.42 Å². The number of carbonyl (C=O) groups excluding carboxylic acids is 2. The van der Waals surface area contributed by atoms with Gasteiger partial charge in [0, 0.05) is 13.6 Å². The third-order valence-electron chi connectivity index (χ3n) is 5.08. The molecule has 2 amide bonds. The Hall–Kier alpha value is -2.62. The lowest BCUT2D eigenvalue weighted by molar-refractivity contribution is -0.140. The number of hydrogen-bond donors (Lipinski definition) is 1. The van der Waals surface area contributed by atoms with Crippen LogP contribution >= 0.6 is 0 Å². The van der Waals surface area contributed by atoms with Gasteiger partial charge in [-0.25, -0.2) is 0 Å². The number of aryl methyl sites for hydroxylation is 3. The van der Waals surface area contributed by atoms with E-state index in [2.05, 4.69) is 11.4 Å². The minimum absolute atomic E-state index is 0.0256. The van der Waals surface area contributed by atoms with E-state index in [1.54, 1.807) is 11.9 Å². The van der Waals surface area contributed by atoms with E-state index in [9.17, 15) is 9.59 Å². The number of carbonyl (C=O) groups is 2. The number of likely N-dealkylation sites (N-methyl/N-ethyl adjacent to an activating group) is 1. The van der Waals surface area contributed by atoms with Crippen LogP contribution in [0.5, 0.6) is 0 Å². The van der Waals surface area contributed by atoms with Crippen molar-refractivity contribution in [1.29, 1.82) is 0 Å². The highest BCUT2D eigenvalue weighted by molar-refractivity contribution is 5.88. The van der Waals surface area contributed by atoms with Gasteiger partial charge in [-0.3, -0.25) is 9.59 Å². The zero-order chi connectivity index (χ0) is 20.0. The normalized spacial score (nSPS) is 11.7. The first-order chi connectivity index (χ1) is 12.9. The zero-order valence-electron chi connectivity index (χ0n) is 17.0. The maximum Gasteiger partial charge on any atom is 0.242 e. The highest BCUT2D eigenvalue weighted by atomic mass is 16.2. The molecule has 0 unspecified atom stereocenters. The van der Waals surface area contributed by atoms with Crippen LogP contribution < -0.4 is 5.32 Å². The van der Waals surface area contributed by atoms with Crippen LogP contribution in [-0.4, -0.2) is 29.8 Å². The second kappa shape index (κ2) is 9.36. The standard InChI is InChI=1S/C23H30N2O2/c1-6-21(23(27)24-5)25(15-19-10-8-7-9-17(19)3)22(26)14-20-13-16(2)11-12-18(20)4/h7-13,21H,6,14-15H2,1-5H3,(H,24,27)/t21-/m0/s1. The first-order valence-electron chi connectivity index (χ1n) is 9.49. The molecule has 2 rings (SSSR count). The summed E-state index contributed by atoms with van der Waals surface area (Å²) in [5.41, 5.74) is 5.43. The zero-order valence-corrected chi connectivity index (χ0v) is 17.0. The van der Waals surface area contributed by atoms with Gasteiger partial charge in [0.2, 0.25) is 11.8 Å². The number of amides is 2. The van der Waals surface area contributed by atoms with E-state index in [0.29, 0.717) is 19.4 Å². The van der Waals surface area contributed by atoms with Gasteiger partial charge in [-0.05, 0) is 49.4 Å². The van der Waals surface area contributed by atoms with E-state index in [1.165, 1.54) is 0 Å². The summed E-state index contributed by atoms with van der Waals surface area (Å²) in [4.78, 5) is 27.4. The number of rotatable bonds is 7. The van der Waals surface area contributed by atoms with Crippen LogP contribution in [0.25, 0.3) is 0 Å². The molecule has 0 saturated heterocycles. The Morgan fingerprint density at radius 1 is 1.00 bits per heavy atom. The molecule has 0 bridgehead atoms. The van der Waals surface area contributed by atoms with Gasteiger partial charge in [0.25, 0.3) is 0 Å². The van der Waals surface area contributed by atoms with E-state index in [4.69, 9.17) is 0 Å². The maximum atomic E-state index is 13.3. The van der Waals surface area contributed by atoms with Crippen molar-refractivity contribution in [3.8, 4) is 0 Å². The lowest BCUT2D eigenvalue weighted by atomic mass is 10.0. The number of nitrogens with one attached hydrogen (secondary N) is 1. The van der Waals surface area contributed by atoms with Crippen LogP contribution in [0.15, 0.2) is 42.5 Å². The Morgan fingerprint density at radius 3 is 2.30 bits per heavy atom. The van der Waals surface area contributed by atoms with Gasteiger partial charge in [-0.15, -0.1) is 0 Å². The third kappa shape index (κ3) is 5.19. The van der Waals surface area contributed by atoms with Crippen molar-refractivity contribution in [2.24, 2.45) is 0 Å². The molecule has 2 aromatic rings. The summed E-state index contributed by atoms with van der Waals surface area (Å²) in [6.45, 7) is 8.45. The van der Waals surface area contributed by atoms with Gasteiger partial charge in [-0.1, -0.05) is 55.0 Å². The molecule has 0 fully saturated rings. The number of hydrogen-bond acceptors (Lipinski definition) is 2. The fourth-order valence-corrected chi connectivity index (χ4v) is 3.31. The molecular weight excluding hydrogens is 336 g/mol. The fourth-order valence-electron chi connectivity index (χ4n) is 3.31. The Kier molecular flexibility index (Phi) is 7.17. The monoisotopic (exact) mass is 366 g/mol. The number of benzene rings is 2. The molecule has 0 heterocycles. The molecule has 4 heteroatoms. The lowest BCUT2D eigenvalue weighted by Gasteiger charge is -2.31. The van der Waals surface area contributed by atoms with Crippen LogP contribution in [0, 0.1) is 20.8 Å². The average molecular weight is 367 g/mol. The molecule has 2 aromatic carbocycles. The first kappa shape index (κ1) is 20.7. The van der Waals surface area contributed by atoms with E-state index < -0.39 is 6.04 Å². The van der Waals surface area contributed by atoms with Crippen molar-refractivity contribution >= 4 is 11.8 Å². The Morgan fingerprint density at radius 2 is 1.67 bits per heavy atom. The molecule has 1 N–H and O–H groups in total. The molecule has 0 aliphatic carbocycles. The molecule has 27 heavy (non-hydrogen) atoms. The molecular formula is C23H30N2O2. The minimum atomic E-state index is -0.479. The molecule has 0 saturated carbocycles. The van der Waals surface area contributed by atoms with Crippen molar-refractivity contribution < 1.29 is 9.59 Å². The van der Waals surface area contributed by atoms with Crippen LogP contribution in [0.4, 0.5) is 0 Å². The van der Waals surface area contributed by atoms with Crippen molar-refractivity contribution in [2.45, 2.75) is 53.1 Å². The van der Waals surface area contributed by atoms with Gasteiger partial charge in [-0.2, -0.15) is 0 Å². The highest BCUT2D eigenvalue weighted by Gasteiger charge is 2.28. The van der Waals surface area contributed by atoms with Crippen molar-refractivity contribution in [3.05, 3.63) is 70.3 Å². The smallest absolute Gasteiger partial charge is 0.242 e. The minimum Gasteiger partial charge on any atom is -0.357 e. The Balaban J connectivity index is 2.35. The molecule has 0 aliphatic rings. The second-order valence-electron chi connectivity index (χ2n) is 7.09. The fraction of sp³-hybridized carbons (Fsp3) is 0.391. The summed E-state index contributed by atoms with van der Waals surface area (Å²) >= 11 is 0. The van der Waals surface area contributed by atoms with Crippen molar-refractivity contribution in [2.75, 3.05) is 7.05 Å². The van der Waals surface area contributed by atoms with Crippen LogP contribution in [-0.2, 0) is 22.6 Å². The lowest BCUT2D eigenvalue weighted by Crippen LogP contribution is -2.48. The summed E-state index contributed by atoms with van der Waals surface area (Å²) in [5.74, 6) is -0.150. The third-order valence-corrected chi connectivity index (χ3v) is 5.08. The maximum absolute atomic E-state index is 13.3. The summed E-state index contributed by atoms with van der Waals surface area (Å²) in [6.07, 6.45) is 0.872. The van der Waals surface area contributed by atoms with Gasteiger partial charge < -0.3 is 10.2 Å². The van der Waals surface area contributed by atoms with E-state index in [0.717, 1.165) is 27.8 Å². The number of nitrogens with zero attached hydrogens (tertiary/aromatic N) is 1. The molecule has 0 aromatic heterocycles. The molecule has 1 atom stereocenters. The van der Waals surface area contributed by atoms with Gasteiger partial charge >= 0.3 is 0 Å². The summed E-state index contributed by atoms with van der Waals surface area (Å²) < 4.78 is 0. The average Bonchev–Trinajstić information content (AvgIpc) is 2.65. The molecule has 0 radical (unpaired) electrons. The Bertz CT molecular complexity index is 814.